The zero-order valence-corrected chi connectivity index (χ0v) is 9.42. The molecule has 78 valence electrons. The van der Waals surface area contributed by atoms with Crippen molar-refractivity contribution in [1.29, 1.82) is 0 Å². The van der Waals surface area contributed by atoms with Crippen LogP contribution in [0.3, 0.4) is 0 Å². The molecule has 0 aromatic rings. The molecule has 13 heavy (non-hydrogen) atoms. The van der Waals surface area contributed by atoms with Gasteiger partial charge in [0.2, 0.25) is 5.91 Å². The van der Waals surface area contributed by atoms with Crippen molar-refractivity contribution in [3.05, 3.63) is 0 Å². The third-order valence-corrected chi connectivity index (χ3v) is 1.77. The lowest BCUT2D eigenvalue weighted by Crippen LogP contribution is -2.42. The van der Waals surface area contributed by atoms with Gasteiger partial charge in [-0.15, -0.1) is 0 Å². The quantitative estimate of drug-likeness (QED) is 0.717. The van der Waals surface area contributed by atoms with Crippen LogP contribution in [0.25, 0.3) is 0 Å². The van der Waals surface area contributed by atoms with Crippen molar-refractivity contribution in [2.45, 2.75) is 40.7 Å². The van der Waals surface area contributed by atoms with Crippen molar-refractivity contribution < 1.29 is 4.79 Å². The SMILES string of the molecule is CC(C)N(CC(N)=O)CC(C)(C)C. The Kier molecular flexibility index (Phi) is 4.40. The molecule has 0 aromatic heterocycles. The lowest BCUT2D eigenvalue weighted by atomic mass is 9.95. The molecule has 1 amide bonds. The van der Waals surface area contributed by atoms with E-state index in [-0.39, 0.29) is 11.3 Å². The minimum absolute atomic E-state index is 0.208. The number of hydrogen-bond acceptors (Lipinski definition) is 2. The lowest BCUT2D eigenvalue weighted by Gasteiger charge is -2.31. The molecule has 0 radical (unpaired) electrons. The molecule has 0 rings (SSSR count). The van der Waals surface area contributed by atoms with Gasteiger partial charge in [0.25, 0.3) is 0 Å². The molecule has 0 atom stereocenters. The van der Waals surface area contributed by atoms with Crippen LogP contribution in [0.15, 0.2) is 0 Å². The second-order valence-electron chi connectivity index (χ2n) is 5.03. The average Bonchev–Trinajstić information content (AvgIpc) is 1.81. The summed E-state index contributed by atoms with van der Waals surface area (Å²) < 4.78 is 0. The smallest absolute Gasteiger partial charge is 0.231 e. The van der Waals surface area contributed by atoms with Crippen LogP contribution in [-0.4, -0.2) is 29.9 Å². The van der Waals surface area contributed by atoms with Gasteiger partial charge >= 0.3 is 0 Å². The normalized spacial score (nSPS) is 12.5. The van der Waals surface area contributed by atoms with Crippen LogP contribution in [-0.2, 0) is 4.79 Å². The molecule has 0 unspecified atom stereocenters. The van der Waals surface area contributed by atoms with Crippen LogP contribution in [0.5, 0.6) is 0 Å². The van der Waals surface area contributed by atoms with Gasteiger partial charge in [-0.3, -0.25) is 9.69 Å². The highest BCUT2D eigenvalue weighted by Crippen LogP contribution is 2.16. The molecular weight excluding hydrogens is 164 g/mol. The Morgan fingerprint density at radius 2 is 1.85 bits per heavy atom. The number of nitrogens with two attached hydrogens (primary N) is 1. The molecule has 0 aliphatic rings. The Morgan fingerprint density at radius 3 is 2.08 bits per heavy atom. The fraction of sp³-hybridized carbons (Fsp3) is 0.900. The van der Waals surface area contributed by atoms with E-state index in [1.807, 2.05) is 0 Å². The van der Waals surface area contributed by atoms with Crippen molar-refractivity contribution in [2.75, 3.05) is 13.1 Å². The molecule has 0 aliphatic carbocycles. The van der Waals surface area contributed by atoms with Crippen molar-refractivity contribution in [3.8, 4) is 0 Å². The molecule has 2 N–H and O–H groups in total. The van der Waals surface area contributed by atoms with Crippen molar-refractivity contribution in [1.82, 2.24) is 4.90 Å². The van der Waals surface area contributed by atoms with Crippen molar-refractivity contribution in [3.63, 3.8) is 0 Å². The maximum absolute atomic E-state index is 10.8. The Morgan fingerprint density at radius 1 is 1.38 bits per heavy atom. The minimum Gasteiger partial charge on any atom is -0.369 e. The van der Waals surface area contributed by atoms with E-state index >= 15 is 0 Å². The maximum Gasteiger partial charge on any atom is 0.231 e. The topological polar surface area (TPSA) is 46.3 Å². The lowest BCUT2D eigenvalue weighted by molar-refractivity contribution is -0.119. The van der Waals surface area contributed by atoms with Crippen molar-refractivity contribution >= 4 is 5.91 Å². The van der Waals surface area contributed by atoms with Crippen LogP contribution < -0.4 is 5.73 Å². The van der Waals surface area contributed by atoms with E-state index in [0.29, 0.717) is 12.6 Å². The minimum atomic E-state index is -0.252. The number of nitrogens with zero attached hydrogens (tertiary/aromatic N) is 1. The zero-order chi connectivity index (χ0) is 10.6. The summed E-state index contributed by atoms with van der Waals surface area (Å²) in [6.45, 7) is 11.9. The van der Waals surface area contributed by atoms with Gasteiger partial charge in [-0.05, 0) is 19.3 Å². The largest absolute Gasteiger partial charge is 0.369 e. The number of rotatable bonds is 4. The summed E-state index contributed by atoms with van der Waals surface area (Å²) >= 11 is 0. The van der Waals surface area contributed by atoms with Gasteiger partial charge in [-0.1, -0.05) is 20.8 Å². The predicted molar refractivity (Wildman–Crippen MR) is 55.4 cm³/mol. The van der Waals surface area contributed by atoms with Gasteiger partial charge in [-0.2, -0.15) is 0 Å². The van der Waals surface area contributed by atoms with Crippen molar-refractivity contribution in [2.24, 2.45) is 11.1 Å². The molecule has 3 nitrogen and oxygen atoms in total. The molecule has 0 saturated carbocycles. The molecule has 3 heteroatoms. The highest BCUT2D eigenvalue weighted by atomic mass is 16.1. The molecule has 0 spiro atoms. The molecule has 0 aromatic carbocycles. The Hall–Kier alpha value is -0.570. The fourth-order valence-corrected chi connectivity index (χ4v) is 1.23. The fourth-order valence-electron chi connectivity index (χ4n) is 1.23. The molecular formula is C10H22N2O. The second-order valence-corrected chi connectivity index (χ2v) is 5.03. The highest BCUT2D eigenvalue weighted by Gasteiger charge is 2.19. The van der Waals surface area contributed by atoms with E-state index < -0.39 is 0 Å². The van der Waals surface area contributed by atoms with Gasteiger partial charge in [0.1, 0.15) is 0 Å². The predicted octanol–water partition coefficient (Wildman–Crippen LogP) is 1.23. The van der Waals surface area contributed by atoms with E-state index in [4.69, 9.17) is 5.73 Å². The first-order valence-corrected chi connectivity index (χ1v) is 4.75. The van der Waals surface area contributed by atoms with Crippen LogP contribution in [0, 0.1) is 5.41 Å². The summed E-state index contributed by atoms with van der Waals surface area (Å²) in [5, 5.41) is 0. The highest BCUT2D eigenvalue weighted by molar-refractivity contribution is 5.75. The van der Waals surface area contributed by atoms with Crippen LogP contribution in [0.1, 0.15) is 34.6 Å². The Labute approximate surface area is 81.3 Å². The molecule has 0 fully saturated rings. The Balaban J connectivity index is 4.19. The zero-order valence-electron chi connectivity index (χ0n) is 9.42. The van der Waals surface area contributed by atoms with Gasteiger partial charge in [0, 0.05) is 12.6 Å². The van der Waals surface area contributed by atoms with Gasteiger partial charge in [-0.25, -0.2) is 0 Å². The van der Waals surface area contributed by atoms with E-state index in [1.54, 1.807) is 0 Å². The third-order valence-electron chi connectivity index (χ3n) is 1.77. The Bertz CT molecular complexity index is 170. The van der Waals surface area contributed by atoms with Crippen LogP contribution in [0.2, 0.25) is 0 Å². The first kappa shape index (κ1) is 12.4. The van der Waals surface area contributed by atoms with E-state index in [9.17, 15) is 4.79 Å². The summed E-state index contributed by atoms with van der Waals surface area (Å²) in [5.74, 6) is -0.252. The maximum atomic E-state index is 10.8. The molecule has 0 saturated heterocycles. The number of carbonyl (C=O) groups is 1. The van der Waals surface area contributed by atoms with E-state index in [2.05, 4.69) is 39.5 Å². The summed E-state index contributed by atoms with van der Waals surface area (Å²) in [5.41, 5.74) is 5.38. The van der Waals surface area contributed by atoms with E-state index in [1.165, 1.54) is 0 Å². The summed E-state index contributed by atoms with van der Waals surface area (Å²) in [6.07, 6.45) is 0. The average molecular weight is 186 g/mol. The number of primary amides is 1. The van der Waals surface area contributed by atoms with E-state index in [0.717, 1.165) is 6.54 Å². The van der Waals surface area contributed by atoms with Crippen LogP contribution in [0.4, 0.5) is 0 Å². The molecule has 0 bridgehead atoms. The van der Waals surface area contributed by atoms with Crippen LogP contribution >= 0.6 is 0 Å². The summed E-state index contributed by atoms with van der Waals surface area (Å²) in [7, 11) is 0. The third kappa shape index (κ3) is 6.58. The number of hydrogen-bond donors (Lipinski definition) is 1. The van der Waals surface area contributed by atoms with Gasteiger partial charge in [0.05, 0.1) is 6.54 Å². The summed E-state index contributed by atoms with van der Waals surface area (Å²) in [6, 6.07) is 0.367. The summed E-state index contributed by atoms with van der Waals surface area (Å²) in [4.78, 5) is 12.9. The second kappa shape index (κ2) is 4.61. The van der Waals surface area contributed by atoms with Gasteiger partial charge in [0.15, 0.2) is 0 Å². The van der Waals surface area contributed by atoms with Gasteiger partial charge < -0.3 is 5.73 Å². The monoisotopic (exact) mass is 186 g/mol. The first-order chi connectivity index (χ1) is 5.72. The first-order valence-electron chi connectivity index (χ1n) is 4.75. The number of amides is 1. The standard InChI is InChI=1S/C10H22N2O/c1-8(2)12(6-9(11)13)7-10(3,4)5/h8H,6-7H2,1-5H3,(H2,11,13). The number of carbonyl (C=O) groups excluding carboxylic acids is 1. The molecule has 0 aliphatic heterocycles. The molecule has 0 heterocycles.